The van der Waals surface area contributed by atoms with Crippen molar-refractivity contribution in [3.8, 4) is 11.5 Å². The van der Waals surface area contributed by atoms with Gasteiger partial charge in [-0.1, -0.05) is 30.3 Å². The summed E-state index contributed by atoms with van der Waals surface area (Å²) in [5, 5.41) is 0. The van der Waals surface area contributed by atoms with E-state index >= 15 is 0 Å². The number of carbonyl (C=O) groups is 1. The predicted molar refractivity (Wildman–Crippen MR) is 106 cm³/mol. The molecule has 4 atom stereocenters. The number of allylic oxidation sites excluding steroid dienone is 2. The van der Waals surface area contributed by atoms with Crippen molar-refractivity contribution in [1.82, 2.24) is 0 Å². The monoisotopic (exact) mass is 360 g/mol. The van der Waals surface area contributed by atoms with Crippen LogP contribution in [0.1, 0.15) is 30.4 Å². The van der Waals surface area contributed by atoms with Gasteiger partial charge in [0.15, 0.2) is 5.78 Å². The summed E-state index contributed by atoms with van der Waals surface area (Å²) in [6.45, 7) is 0. The number of fused-ring (bicyclic) bond motifs is 5. The van der Waals surface area contributed by atoms with Gasteiger partial charge in [-0.15, -0.1) is 0 Å². The lowest BCUT2D eigenvalue weighted by atomic mass is 9.77. The lowest BCUT2D eigenvalue weighted by Gasteiger charge is -2.26. The maximum Gasteiger partial charge on any atom is 0.167 e. The van der Waals surface area contributed by atoms with E-state index in [-0.39, 0.29) is 5.92 Å². The molecule has 3 nitrogen and oxygen atoms in total. The van der Waals surface area contributed by atoms with Crippen molar-refractivity contribution in [3.63, 3.8) is 0 Å². The molecule has 3 aliphatic carbocycles. The van der Waals surface area contributed by atoms with Crippen LogP contribution in [0, 0.1) is 23.7 Å². The Balaban J connectivity index is 1.74. The molecule has 2 aromatic carbocycles. The molecule has 3 aliphatic rings. The highest BCUT2D eigenvalue weighted by Crippen LogP contribution is 2.62. The van der Waals surface area contributed by atoms with Gasteiger partial charge in [0.1, 0.15) is 11.5 Å². The first-order valence-corrected chi connectivity index (χ1v) is 9.78. The Morgan fingerprint density at radius 2 is 1.44 bits per heavy atom. The topological polar surface area (TPSA) is 35.5 Å². The second-order valence-corrected chi connectivity index (χ2v) is 8.01. The van der Waals surface area contributed by atoms with E-state index in [2.05, 4.69) is 24.3 Å². The Hall–Kier alpha value is -2.55. The van der Waals surface area contributed by atoms with Gasteiger partial charge in [0.05, 0.1) is 14.2 Å². The first kappa shape index (κ1) is 16.6. The maximum atomic E-state index is 13.5. The number of hydrogen-bond donors (Lipinski definition) is 0. The van der Waals surface area contributed by atoms with E-state index in [0.717, 1.165) is 28.2 Å². The summed E-state index contributed by atoms with van der Waals surface area (Å²) in [6.07, 6.45) is 3.65. The molecule has 0 N–H and O–H groups in total. The molecule has 2 saturated carbocycles. The first-order valence-electron chi connectivity index (χ1n) is 9.78. The molecule has 138 valence electrons. The van der Waals surface area contributed by atoms with Crippen LogP contribution in [-0.4, -0.2) is 20.0 Å². The predicted octanol–water partition coefficient (Wildman–Crippen LogP) is 4.86. The van der Waals surface area contributed by atoms with Crippen LogP contribution in [0.15, 0.2) is 48.5 Å². The Morgan fingerprint density at radius 1 is 0.815 bits per heavy atom. The fourth-order valence-electron chi connectivity index (χ4n) is 5.75. The van der Waals surface area contributed by atoms with Gasteiger partial charge >= 0.3 is 0 Å². The zero-order chi connectivity index (χ0) is 18.5. The molecule has 2 bridgehead atoms. The first-order chi connectivity index (χ1) is 13.2. The molecule has 0 saturated heterocycles. The number of rotatable bonds is 4. The number of Topliss-reactive ketones (excluding diaryl/α,β-unsaturated/α-hetero) is 1. The van der Waals surface area contributed by atoms with Crippen LogP contribution >= 0.6 is 0 Å². The van der Waals surface area contributed by atoms with Crippen molar-refractivity contribution < 1.29 is 14.3 Å². The zero-order valence-electron chi connectivity index (χ0n) is 15.8. The quantitative estimate of drug-likeness (QED) is 0.781. The summed E-state index contributed by atoms with van der Waals surface area (Å²) < 4.78 is 11.0. The lowest BCUT2D eigenvalue weighted by Crippen LogP contribution is -2.24. The highest BCUT2D eigenvalue weighted by atomic mass is 16.5. The molecule has 0 heterocycles. The Kier molecular flexibility index (Phi) is 3.85. The number of carbonyl (C=O) groups excluding carboxylic acids is 1. The van der Waals surface area contributed by atoms with E-state index < -0.39 is 0 Å². The third-order valence-corrected chi connectivity index (χ3v) is 6.79. The summed E-state index contributed by atoms with van der Waals surface area (Å²) in [7, 11) is 3.34. The average Bonchev–Trinajstić information content (AvgIpc) is 3.40. The van der Waals surface area contributed by atoms with Crippen LogP contribution in [0.25, 0.3) is 11.1 Å². The summed E-state index contributed by atoms with van der Waals surface area (Å²) in [5.41, 5.74) is 4.23. The van der Waals surface area contributed by atoms with Gasteiger partial charge in [-0.3, -0.25) is 4.79 Å². The van der Waals surface area contributed by atoms with Crippen LogP contribution < -0.4 is 9.47 Å². The van der Waals surface area contributed by atoms with E-state index in [0.29, 0.717) is 23.5 Å². The smallest absolute Gasteiger partial charge is 0.167 e. The number of ether oxygens (including phenoxy) is 2. The largest absolute Gasteiger partial charge is 0.497 e. The summed E-state index contributed by atoms with van der Waals surface area (Å²) in [5.74, 6) is 3.55. The molecule has 5 rings (SSSR count). The van der Waals surface area contributed by atoms with Crippen molar-refractivity contribution >= 4 is 16.9 Å². The second-order valence-electron chi connectivity index (χ2n) is 8.01. The molecule has 0 spiro atoms. The molecule has 0 radical (unpaired) electrons. The van der Waals surface area contributed by atoms with Crippen LogP contribution in [0.4, 0.5) is 0 Å². The summed E-state index contributed by atoms with van der Waals surface area (Å²) in [6, 6.07) is 16.2. The molecular formula is C24H24O3. The lowest BCUT2D eigenvalue weighted by molar-refractivity contribution is -0.118. The molecule has 3 heteroatoms. The molecule has 2 fully saturated rings. The van der Waals surface area contributed by atoms with Crippen LogP contribution in [0.3, 0.4) is 0 Å². The van der Waals surface area contributed by atoms with Gasteiger partial charge in [-0.05, 0) is 65.8 Å². The van der Waals surface area contributed by atoms with Crippen LogP contribution in [-0.2, 0) is 4.79 Å². The van der Waals surface area contributed by atoms with E-state index in [1.807, 2.05) is 24.3 Å². The van der Waals surface area contributed by atoms with Crippen molar-refractivity contribution in [2.75, 3.05) is 14.2 Å². The number of benzene rings is 2. The molecular weight excluding hydrogens is 336 g/mol. The van der Waals surface area contributed by atoms with Crippen molar-refractivity contribution in [2.45, 2.75) is 19.3 Å². The number of ketones is 1. The molecule has 2 unspecified atom stereocenters. The van der Waals surface area contributed by atoms with Gasteiger partial charge in [-0.25, -0.2) is 0 Å². The number of hydrogen-bond acceptors (Lipinski definition) is 3. The van der Waals surface area contributed by atoms with Crippen molar-refractivity contribution in [3.05, 3.63) is 59.7 Å². The maximum absolute atomic E-state index is 13.5. The normalized spacial score (nSPS) is 28.6. The zero-order valence-corrected chi connectivity index (χ0v) is 15.8. The Labute approximate surface area is 160 Å². The average molecular weight is 360 g/mol. The fourth-order valence-corrected chi connectivity index (χ4v) is 5.75. The summed E-state index contributed by atoms with van der Waals surface area (Å²) >= 11 is 0. The molecule has 0 amide bonds. The molecule has 0 aliphatic heterocycles. The van der Waals surface area contributed by atoms with Gasteiger partial charge in [-0.2, -0.15) is 0 Å². The Morgan fingerprint density at radius 3 is 2.07 bits per heavy atom. The highest BCUT2D eigenvalue weighted by molar-refractivity contribution is 6.32. The van der Waals surface area contributed by atoms with E-state index in [1.165, 1.54) is 24.8 Å². The fraction of sp³-hybridized carbons (Fsp3) is 0.375. The van der Waals surface area contributed by atoms with Gasteiger partial charge < -0.3 is 9.47 Å². The van der Waals surface area contributed by atoms with Crippen molar-refractivity contribution in [2.24, 2.45) is 23.7 Å². The minimum absolute atomic E-state index is 0.158. The standard InChI is InChI=1S/C24H24O3/c1-26-18-11-17(12-19(13-18)27-2)21-20-15-8-9-16(10-15)23(20)24(25)22(21)14-6-4-3-5-7-14/h3-7,11-13,15-16,20,23H,8-10H2,1-2H3/t15-,16+,20?,23?/m1/s1. The third-order valence-electron chi connectivity index (χ3n) is 6.79. The van der Waals surface area contributed by atoms with Gasteiger partial charge in [0.25, 0.3) is 0 Å². The SMILES string of the molecule is COc1cc(OC)cc(C2=C(c3ccccc3)C(=O)C3C2[C@@H]2CC[C@H]3C2)c1. The summed E-state index contributed by atoms with van der Waals surface area (Å²) in [4.78, 5) is 13.5. The minimum atomic E-state index is 0.158. The molecule has 2 aromatic rings. The van der Waals surface area contributed by atoms with E-state index in [9.17, 15) is 4.79 Å². The van der Waals surface area contributed by atoms with Gasteiger partial charge in [0, 0.05) is 17.6 Å². The highest BCUT2D eigenvalue weighted by Gasteiger charge is 2.57. The number of methoxy groups -OCH3 is 2. The van der Waals surface area contributed by atoms with Gasteiger partial charge in [0.2, 0.25) is 0 Å². The van der Waals surface area contributed by atoms with E-state index in [1.54, 1.807) is 14.2 Å². The Bertz CT molecular complexity index is 906. The second kappa shape index (κ2) is 6.26. The molecule has 27 heavy (non-hydrogen) atoms. The van der Waals surface area contributed by atoms with Crippen LogP contribution in [0.2, 0.25) is 0 Å². The van der Waals surface area contributed by atoms with Crippen LogP contribution in [0.5, 0.6) is 11.5 Å². The molecule has 0 aromatic heterocycles. The third kappa shape index (κ3) is 2.44. The van der Waals surface area contributed by atoms with E-state index in [4.69, 9.17) is 9.47 Å². The minimum Gasteiger partial charge on any atom is -0.497 e. The van der Waals surface area contributed by atoms with Crippen molar-refractivity contribution in [1.29, 1.82) is 0 Å².